The van der Waals surface area contributed by atoms with Crippen molar-refractivity contribution in [1.82, 2.24) is 0 Å². The molecule has 4 fully saturated rings. The van der Waals surface area contributed by atoms with E-state index in [1.165, 1.54) is 25.7 Å². The van der Waals surface area contributed by atoms with Gasteiger partial charge in [-0.2, -0.15) is 0 Å². The van der Waals surface area contributed by atoms with E-state index < -0.39 is 0 Å². The Kier molecular flexibility index (Phi) is 5.93. The van der Waals surface area contributed by atoms with Gasteiger partial charge in [-0.25, -0.2) is 9.59 Å². The van der Waals surface area contributed by atoms with Crippen LogP contribution in [0.2, 0.25) is 23.3 Å². The molecule has 6 heteroatoms. The Morgan fingerprint density at radius 3 is 1.20 bits per heavy atom. The molecular weight excluding hydrogens is 374 g/mol. The summed E-state index contributed by atoms with van der Waals surface area (Å²) in [5.41, 5.74) is 0.735. The van der Waals surface area contributed by atoms with E-state index in [1.54, 1.807) is 12.1 Å². The van der Waals surface area contributed by atoms with Gasteiger partial charge in [0.15, 0.2) is 0 Å². The third-order valence-corrected chi connectivity index (χ3v) is 8.31. The van der Waals surface area contributed by atoms with Gasteiger partial charge < -0.3 is 9.31 Å². The predicted octanol–water partition coefficient (Wildman–Crippen LogP) is 6.20. The number of fused-ring (bicyclic) bond motifs is 4. The van der Waals surface area contributed by atoms with E-state index in [0.29, 0.717) is 34.4 Å². The lowest BCUT2D eigenvalue weighted by Gasteiger charge is -2.39. The van der Waals surface area contributed by atoms with Crippen LogP contribution in [-0.2, 0) is 9.31 Å². The van der Waals surface area contributed by atoms with E-state index in [1.807, 2.05) is 12.1 Å². The monoisotopic (exact) mass is 406 g/mol. The highest BCUT2D eigenvalue weighted by Gasteiger charge is 2.45. The maximum atomic E-state index is 13.1. The summed E-state index contributed by atoms with van der Waals surface area (Å²) in [6.07, 6.45) is 14.2. The molecule has 4 aliphatic rings. The fourth-order valence-corrected chi connectivity index (χ4v) is 6.83. The molecule has 30 heavy (non-hydrogen) atoms. The minimum absolute atomic E-state index is 0.0155. The van der Waals surface area contributed by atoms with Gasteiger partial charge in [0.25, 0.3) is 0 Å². The van der Waals surface area contributed by atoms with Crippen LogP contribution < -0.4 is 0 Å². The van der Waals surface area contributed by atoms with Gasteiger partial charge in [-0.3, -0.25) is 0 Å². The zero-order chi connectivity index (χ0) is 20.5. The minimum atomic E-state index is -0.352. The van der Waals surface area contributed by atoms with Crippen LogP contribution in [0.5, 0.6) is 0 Å². The standard InChI is InChI=1S/C24H32B2O4/c27-23(29-25-17-7-3-8-18(25)10-4-9-17)21-15-1-2-16-22(21)24(28)30-26-19-11-5-12-20(26)14-6-13-19/h1-2,15-20H,3-14H2. The van der Waals surface area contributed by atoms with E-state index in [2.05, 4.69) is 0 Å². The van der Waals surface area contributed by atoms with Gasteiger partial charge in [-0.05, 0) is 35.4 Å². The summed E-state index contributed by atoms with van der Waals surface area (Å²) in [7, 11) is 0. The Bertz CT molecular complexity index is 688. The molecule has 0 saturated carbocycles. The third-order valence-electron chi connectivity index (χ3n) is 8.31. The molecule has 0 aliphatic carbocycles. The summed E-state index contributed by atoms with van der Waals surface area (Å²) in [5, 5.41) is 0. The van der Waals surface area contributed by atoms with E-state index in [4.69, 9.17) is 9.31 Å². The molecular formula is C24H32B2O4. The van der Waals surface area contributed by atoms with Gasteiger partial charge in [0.05, 0.1) is 11.1 Å². The van der Waals surface area contributed by atoms with Crippen molar-refractivity contribution in [2.75, 3.05) is 0 Å². The van der Waals surface area contributed by atoms with E-state index in [9.17, 15) is 9.59 Å². The van der Waals surface area contributed by atoms with E-state index >= 15 is 0 Å². The largest absolute Gasteiger partial charge is 0.532 e. The van der Waals surface area contributed by atoms with Gasteiger partial charge in [0.1, 0.15) is 0 Å². The van der Waals surface area contributed by atoms with Crippen LogP contribution in [0.3, 0.4) is 0 Å². The molecule has 5 rings (SSSR count). The molecule has 158 valence electrons. The summed E-state index contributed by atoms with van der Waals surface area (Å²) in [4.78, 5) is 26.3. The van der Waals surface area contributed by atoms with Crippen molar-refractivity contribution in [1.29, 1.82) is 0 Å². The van der Waals surface area contributed by atoms with Crippen LogP contribution in [0.1, 0.15) is 97.8 Å². The lowest BCUT2D eigenvalue weighted by molar-refractivity contribution is 0.0670. The van der Waals surface area contributed by atoms with Crippen molar-refractivity contribution in [3.05, 3.63) is 35.4 Å². The van der Waals surface area contributed by atoms with Crippen molar-refractivity contribution in [3.8, 4) is 0 Å². The van der Waals surface area contributed by atoms with E-state index in [-0.39, 0.29) is 25.8 Å². The average Bonchev–Trinajstić information content (AvgIpc) is 2.73. The smallest absolute Gasteiger partial charge is 0.368 e. The van der Waals surface area contributed by atoms with Crippen LogP contribution in [0.15, 0.2) is 24.3 Å². The molecule has 0 radical (unpaired) electrons. The molecule has 4 heterocycles. The Balaban J connectivity index is 1.31. The lowest BCUT2D eigenvalue weighted by atomic mass is 9.38. The summed E-state index contributed by atoms with van der Waals surface area (Å²) >= 11 is 0. The number of rotatable bonds is 4. The van der Waals surface area contributed by atoms with Crippen LogP contribution in [0.4, 0.5) is 0 Å². The third kappa shape index (κ3) is 3.94. The quantitative estimate of drug-likeness (QED) is 0.559. The fraction of sp³-hybridized carbons (Fsp3) is 0.667. The summed E-state index contributed by atoms with van der Waals surface area (Å²) in [6.45, 7) is 0.0311. The Morgan fingerprint density at radius 1 is 0.600 bits per heavy atom. The Morgan fingerprint density at radius 2 is 0.900 bits per heavy atom. The van der Waals surface area contributed by atoms with Crippen LogP contribution >= 0.6 is 0 Å². The predicted molar refractivity (Wildman–Crippen MR) is 119 cm³/mol. The van der Waals surface area contributed by atoms with Crippen molar-refractivity contribution >= 4 is 25.8 Å². The highest BCUT2D eigenvalue weighted by Crippen LogP contribution is 2.48. The highest BCUT2D eigenvalue weighted by molar-refractivity contribution is 6.59. The molecule has 4 aliphatic heterocycles. The first-order chi connectivity index (χ1) is 14.7. The van der Waals surface area contributed by atoms with Gasteiger partial charge in [-0.1, -0.05) is 89.2 Å². The zero-order valence-electron chi connectivity index (χ0n) is 17.9. The van der Waals surface area contributed by atoms with E-state index in [0.717, 1.165) is 51.4 Å². The lowest BCUT2D eigenvalue weighted by Crippen LogP contribution is -2.40. The van der Waals surface area contributed by atoms with Gasteiger partial charge in [-0.15, -0.1) is 0 Å². The second-order valence-corrected chi connectivity index (χ2v) is 10.0. The summed E-state index contributed by atoms with van der Waals surface area (Å²) < 4.78 is 12.1. The molecule has 0 spiro atoms. The molecule has 1 aromatic rings. The number of carbonyl (C=O) groups is 2. The number of carbonyl (C=O) groups excluding carboxylic acids is 2. The fourth-order valence-electron chi connectivity index (χ4n) is 6.83. The normalized spacial score (nSPS) is 30.5. The maximum Gasteiger partial charge on any atom is 0.368 e. The molecule has 0 unspecified atom stereocenters. The molecule has 4 bridgehead atoms. The summed E-state index contributed by atoms with van der Waals surface area (Å²) in [6, 6.07) is 7.06. The van der Waals surface area contributed by atoms with Crippen molar-refractivity contribution in [2.45, 2.75) is 100 Å². The number of benzene rings is 1. The molecule has 0 aromatic heterocycles. The second-order valence-electron chi connectivity index (χ2n) is 10.0. The molecule has 0 amide bonds. The topological polar surface area (TPSA) is 52.6 Å². The van der Waals surface area contributed by atoms with Crippen LogP contribution in [0.25, 0.3) is 0 Å². The first-order valence-electron chi connectivity index (χ1n) is 12.2. The Labute approximate surface area is 180 Å². The molecule has 0 atom stereocenters. The minimum Gasteiger partial charge on any atom is -0.532 e. The molecule has 0 N–H and O–H groups in total. The van der Waals surface area contributed by atoms with Gasteiger partial charge >= 0.3 is 25.8 Å². The van der Waals surface area contributed by atoms with Crippen LogP contribution in [0, 0.1) is 0 Å². The highest BCUT2D eigenvalue weighted by atomic mass is 16.5. The summed E-state index contributed by atoms with van der Waals surface area (Å²) in [5.74, 6) is 1.25. The SMILES string of the molecule is O=C(OB1C2CCCC1CCC2)c1ccccc1C(=O)OB1C2CCCC1CCC2. The number of hydrogen-bond donors (Lipinski definition) is 0. The first-order valence-corrected chi connectivity index (χ1v) is 12.2. The average molecular weight is 406 g/mol. The number of hydrogen-bond acceptors (Lipinski definition) is 4. The van der Waals surface area contributed by atoms with Crippen molar-refractivity contribution in [3.63, 3.8) is 0 Å². The maximum absolute atomic E-state index is 13.1. The van der Waals surface area contributed by atoms with Crippen LogP contribution in [-0.4, -0.2) is 25.8 Å². The molecule has 4 nitrogen and oxygen atoms in total. The van der Waals surface area contributed by atoms with Gasteiger partial charge in [0, 0.05) is 0 Å². The second kappa shape index (κ2) is 8.80. The zero-order valence-corrected chi connectivity index (χ0v) is 17.9. The van der Waals surface area contributed by atoms with Gasteiger partial charge in [0.2, 0.25) is 0 Å². The van der Waals surface area contributed by atoms with Crippen molar-refractivity contribution in [2.24, 2.45) is 0 Å². The molecule has 4 saturated heterocycles. The molecule has 1 aromatic carbocycles. The van der Waals surface area contributed by atoms with Crippen molar-refractivity contribution < 1.29 is 18.9 Å². The Hall–Kier alpha value is -1.71. The first kappa shape index (κ1) is 20.2.